The van der Waals surface area contributed by atoms with Gasteiger partial charge in [0.1, 0.15) is 24.0 Å². The van der Waals surface area contributed by atoms with Gasteiger partial charge in [0.05, 0.1) is 47.2 Å². The van der Waals surface area contributed by atoms with Gasteiger partial charge < -0.3 is 28.9 Å². The molecule has 0 unspecified atom stereocenters. The molecule has 3 aliphatic rings. The maximum absolute atomic E-state index is 13.6. The van der Waals surface area contributed by atoms with Crippen molar-refractivity contribution in [1.82, 2.24) is 64.5 Å². The normalized spacial score (nSPS) is 18.9. The van der Waals surface area contributed by atoms with E-state index in [1.165, 1.54) is 0 Å². The van der Waals surface area contributed by atoms with E-state index in [4.69, 9.17) is 14.2 Å². The van der Waals surface area contributed by atoms with Gasteiger partial charge in [-0.2, -0.15) is 0 Å². The Balaban J connectivity index is 0.000000147. The Morgan fingerprint density at radius 1 is 0.438 bits per heavy atom. The van der Waals surface area contributed by atoms with E-state index in [9.17, 15) is 18.8 Å². The molecule has 3 aliphatic heterocycles. The Kier molecular flexibility index (Phi) is 21.5. The number of carbonyl (C=O) groups is 3. The van der Waals surface area contributed by atoms with Crippen molar-refractivity contribution in [3.05, 3.63) is 207 Å². The van der Waals surface area contributed by atoms with Crippen LogP contribution in [0.1, 0.15) is 96.1 Å². The Hall–Kier alpha value is -8.54. The van der Waals surface area contributed by atoms with Crippen LogP contribution in [-0.2, 0) is 0 Å². The molecule has 19 nitrogen and oxygen atoms in total. The van der Waals surface area contributed by atoms with Crippen LogP contribution in [0.25, 0.3) is 34.2 Å². The molecule has 23 heteroatoms. The van der Waals surface area contributed by atoms with Crippen LogP contribution in [0, 0.1) is 12.7 Å². The number of hydrogen-bond donors (Lipinski definition) is 0. The van der Waals surface area contributed by atoms with Crippen molar-refractivity contribution in [1.29, 1.82) is 0 Å². The summed E-state index contributed by atoms with van der Waals surface area (Å²) >= 11 is 10.1. The number of rotatable bonds is 12. The predicted octanol–water partition coefficient (Wildman–Crippen LogP) is 13.0. The molecule has 2 aromatic carbocycles. The van der Waals surface area contributed by atoms with Gasteiger partial charge >= 0.3 is 0 Å². The second-order valence-electron chi connectivity index (χ2n) is 21.4. The molecular formula is C66H63Br3FN13O6. The van der Waals surface area contributed by atoms with E-state index in [1.807, 2.05) is 103 Å². The molecule has 89 heavy (non-hydrogen) atoms. The summed E-state index contributed by atoms with van der Waals surface area (Å²) in [6, 6.07) is 30.8. The van der Waals surface area contributed by atoms with Gasteiger partial charge in [0.15, 0.2) is 23.3 Å². The lowest BCUT2D eigenvalue weighted by Crippen LogP contribution is -2.51. The van der Waals surface area contributed by atoms with Gasteiger partial charge in [-0.3, -0.25) is 19.4 Å². The van der Waals surface area contributed by atoms with E-state index in [1.54, 1.807) is 92.0 Å². The number of aromatic nitrogens is 10. The summed E-state index contributed by atoms with van der Waals surface area (Å²) in [5, 5.41) is 0. The number of aryl methyl sites for hydroxylation is 1. The van der Waals surface area contributed by atoms with Crippen LogP contribution in [0.4, 0.5) is 4.39 Å². The van der Waals surface area contributed by atoms with Crippen LogP contribution in [0.15, 0.2) is 179 Å². The molecule has 0 spiro atoms. The maximum Gasteiger partial charge on any atom is 0.273 e. The molecule has 9 aromatic rings. The second kappa shape index (κ2) is 30.1. The minimum atomic E-state index is -0.520. The van der Waals surface area contributed by atoms with E-state index >= 15 is 0 Å². The zero-order valence-corrected chi connectivity index (χ0v) is 53.9. The largest absolute Gasteiger partial charge is 0.472 e. The quantitative estimate of drug-likeness (QED) is 0.111. The number of halogens is 4. The first-order valence-corrected chi connectivity index (χ1v) is 31.5. The summed E-state index contributed by atoms with van der Waals surface area (Å²) in [5.41, 5.74) is 4.42. The molecule has 0 radical (unpaired) electrons. The third kappa shape index (κ3) is 15.8. The topological polar surface area (TPSA) is 218 Å². The zero-order chi connectivity index (χ0) is 62.4. The predicted molar refractivity (Wildman–Crippen MR) is 343 cm³/mol. The highest BCUT2D eigenvalue weighted by Crippen LogP contribution is 2.32. The lowest BCUT2D eigenvalue weighted by Gasteiger charge is -2.39. The summed E-state index contributed by atoms with van der Waals surface area (Å²) in [5.74, 6) is 2.21. The van der Waals surface area contributed by atoms with Crippen LogP contribution >= 0.6 is 47.8 Å². The van der Waals surface area contributed by atoms with Crippen molar-refractivity contribution in [3.8, 4) is 51.8 Å². The summed E-state index contributed by atoms with van der Waals surface area (Å²) < 4.78 is 34.2. The van der Waals surface area contributed by atoms with E-state index in [0.29, 0.717) is 82.7 Å². The van der Waals surface area contributed by atoms with Crippen LogP contribution in [-0.4, -0.2) is 138 Å². The first-order chi connectivity index (χ1) is 43.2. The molecule has 3 amide bonds. The molecule has 0 aliphatic carbocycles. The lowest BCUT2D eigenvalue weighted by molar-refractivity contribution is 0.0261. The van der Waals surface area contributed by atoms with Gasteiger partial charge in [-0.1, -0.05) is 30.3 Å². The van der Waals surface area contributed by atoms with Crippen molar-refractivity contribution in [2.45, 2.75) is 103 Å². The average molecular weight is 1390 g/mol. The van der Waals surface area contributed by atoms with Crippen LogP contribution < -0.4 is 14.2 Å². The molecule has 7 aromatic heterocycles. The lowest BCUT2D eigenvalue weighted by atomic mass is 9.95. The van der Waals surface area contributed by atoms with E-state index in [-0.39, 0.29) is 54.2 Å². The van der Waals surface area contributed by atoms with Gasteiger partial charge in [-0.25, -0.2) is 49.2 Å². The minimum Gasteiger partial charge on any atom is -0.472 e. The fraction of sp³-hybridized carbons (Fsp3) is 0.288. The van der Waals surface area contributed by atoms with Gasteiger partial charge in [0.25, 0.3) is 17.7 Å². The molecule has 3 fully saturated rings. The number of amides is 3. The molecule has 10 heterocycles. The van der Waals surface area contributed by atoms with Crippen molar-refractivity contribution in [2.24, 2.45) is 0 Å². The van der Waals surface area contributed by atoms with Crippen LogP contribution in [0.3, 0.4) is 0 Å². The Morgan fingerprint density at radius 3 is 1.34 bits per heavy atom. The average Bonchev–Trinajstić information content (AvgIpc) is 1.51. The number of carbonyl (C=O) groups excluding carboxylic acids is 3. The highest BCUT2D eigenvalue weighted by atomic mass is 79.9. The number of likely N-dealkylation sites (tertiary alicyclic amines) is 3. The minimum absolute atomic E-state index is 0.0225. The fourth-order valence-electron chi connectivity index (χ4n) is 10.9. The molecule has 3 saturated heterocycles. The molecular weight excluding hydrogens is 1330 g/mol. The maximum atomic E-state index is 13.6. The Morgan fingerprint density at radius 2 is 0.854 bits per heavy atom. The fourth-order valence-corrected chi connectivity index (χ4v) is 11.6. The van der Waals surface area contributed by atoms with E-state index in [2.05, 4.69) is 97.6 Å². The van der Waals surface area contributed by atoms with Crippen molar-refractivity contribution in [2.75, 3.05) is 19.6 Å². The number of hydrogen-bond acceptors (Lipinski definition) is 16. The first-order valence-electron chi connectivity index (χ1n) is 29.1. The number of pyridine rings is 4. The SMILES string of the molecule is C[C@H]1[C@H](Oc2ccc(Br)cn2)CCCN1C(=O)c1ccccc1-c1ncc(F)cn1.C[C@H]1[C@H](Oc2ccc(Br)cn2)CCCN1C(=O)c1ncccc1-c1ncccn1.Cc1cccc(C(=O)N2CCC[C@@H](Oc3ccc(Br)cn3)[C@@H]2C)c1-c1ncccn1. The summed E-state index contributed by atoms with van der Waals surface area (Å²) in [6.07, 6.45) is 20.3. The van der Waals surface area contributed by atoms with E-state index in [0.717, 1.165) is 75.5 Å². The molecule has 0 N–H and O–H groups in total. The van der Waals surface area contributed by atoms with Gasteiger partial charge in [-0.05, 0) is 174 Å². The number of benzene rings is 2. The number of piperidine rings is 3. The molecule has 0 bridgehead atoms. The van der Waals surface area contributed by atoms with Crippen molar-refractivity contribution >= 4 is 65.5 Å². The zero-order valence-electron chi connectivity index (χ0n) is 49.2. The first kappa shape index (κ1) is 63.5. The summed E-state index contributed by atoms with van der Waals surface area (Å²) in [6.45, 7) is 9.98. The monoisotopic (exact) mass is 1390 g/mol. The second-order valence-corrected chi connectivity index (χ2v) is 24.1. The van der Waals surface area contributed by atoms with Crippen molar-refractivity contribution in [3.63, 3.8) is 0 Å². The highest BCUT2D eigenvalue weighted by molar-refractivity contribution is 9.11. The van der Waals surface area contributed by atoms with Crippen LogP contribution in [0.2, 0.25) is 0 Å². The molecule has 12 rings (SSSR count). The van der Waals surface area contributed by atoms with Gasteiger partial charge in [0, 0.05) is 112 Å². The number of ether oxygens (including phenoxy) is 3. The van der Waals surface area contributed by atoms with Crippen LogP contribution in [0.5, 0.6) is 17.6 Å². The van der Waals surface area contributed by atoms with E-state index < -0.39 is 5.82 Å². The summed E-state index contributed by atoms with van der Waals surface area (Å²) in [7, 11) is 0. The summed E-state index contributed by atoms with van der Waals surface area (Å²) in [4.78, 5) is 88.5. The molecule has 456 valence electrons. The Labute approximate surface area is 540 Å². The molecule has 6 atom stereocenters. The highest BCUT2D eigenvalue weighted by Gasteiger charge is 2.38. The Bertz CT molecular complexity index is 3830. The number of nitrogens with zero attached hydrogens (tertiary/aromatic N) is 13. The molecule has 0 saturated carbocycles. The van der Waals surface area contributed by atoms with Gasteiger partial charge in [-0.15, -0.1) is 0 Å². The smallest absolute Gasteiger partial charge is 0.273 e. The van der Waals surface area contributed by atoms with Gasteiger partial charge in [0.2, 0.25) is 17.6 Å². The third-order valence-electron chi connectivity index (χ3n) is 15.6. The van der Waals surface area contributed by atoms with Crippen molar-refractivity contribution < 1.29 is 33.0 Å². The third-order valence-corrected chi connectivity index (χ3v) is 17.0. The standard InChI is InChI=1S/C23H23BrN4O2.C22H20BrFN4O2.C21H20BrN5O2/c1-15-6-3-7-18(21(15)22-25-11-5-12-26-22)23(29)28-13-4-8-19(16(28)2)30-20-10-9-17(24)14-27-20;1-14-19(30-20-9-8-15(23)11-25-20)7-4-10-28(14)22(29)18-6-3-2-5-17(18)21-26-12-16(24)13-27-21;1-14-17(29-18-8-7-15(22)13-26-18)6-3-12-27(14)21(28)19-16(5-2-9-23-19)20-24-10-4-11-25-20/h3,5-7,9-12,14,16,19H,4,8,13H2,1-2H3;2-3,5-6,8-9,11-14,19H,4,7,10H2,1H3;2,4-5,7-11,13-14,17H,3,6,12H2,1H3/t16-,19+;14-,19+;14-,17+/m000/s1.